The van der Waals surface area contributed by atoms with E-state index in [0.717, 1.165) is 6.54 Å². The lowest BCUT2D eigenvalue weighted by atomic mass is 10.0. The number of benzene rings is 1. The minimum absolute atomic E-state index is 0.206. The van der Waals surface area contributed by atoms with Crippen molar-refractivity contribution in [3.05, 3.63) is 35.4 Å². The van der Waals surface area contributed by atoms with Crippen LogP contribution < -0.4 is 5.32 Å². The van der Waals surface area contributed by atoms with Gasteiger partial charge >= 0.3 is 0 Å². The van der Waals surface area contributed by atoms with Gasteiger partial charge in [-0.15, -0.1) is 0 Å². The van der Waals surface area contributed by atoms with Gasteiger partial charge in [0.1, 0.15) is 9.84 Å². The molecule has 1 aliphatic rings. The Morgan fingerprint density at radius 2 is 2.06 bits per heavy atom. The van der Waals surface area contributed by atoms with Crippen LogP contribution in [0.5, 0.6) is 0 Å². The van der Waals surface area contributed by atoms with Crippen molar-refractivity contribution in [1.82, 2.24) is 5.32 Å². The number of rotatable bonds is 5. The summed E-state index contributed by atoms with van der Waals surface area (Å²) in [6.45, 7) is 2.76. The van der Waals surface area contributed by atoms with E-state index in [9.17, 15) is 8.42 Å². The van der Waals surface area contributed by atoms with Crippen molar-refractivity contribution in [2.45, 2.75) is 32.4 Å². The molecule has 1 aliphatic heterocycles. The maximum atomic E-state index is 11.7. The van der Waals surface area contributed by atoms with Crippen LogP contribution in [0.25, 0.3) is 0 Å². The predicted molar refractivity (Wildman–Crippen MR) is 69.6 cm³/mol. The minimum Gasteiger partial charge on any atom is -0.306 e. The molecular formula is C13H19NO2S. The van der Waals surface area contributed by atoms with Crippen LogP contribution in [0.2, 0.25) is 0 Å². The summed E-state index contributed by atoms with van der Waals surface area (Å²) in [6, 6.07) is 8.43. The Kier molecular flexibility index (Phi) is 3.84. The number of hydrogen-bond donors (Lipinski definition) is 1. The maximum Gasteiger partial charge on any atom is 0.150 e. The molecule has 0 amide bonds. The van der Waals surface area contributed by atoms with Crippen LogP contribution in [0.1, 0.15) is 36.9 Å². The topological polar surface area (TPSA) is 46.2 Å². The zero-order valence-electron chi connectivity index (χ0n) is 10.1. The molecular weight excluding hydrogens is 234 g/mol. The van der Waals surface area contributed by atoms with E-state index >= 15 is 0 Å². The van der Waals surface area contributed by atoms with Crippen LogP contribution in [-0.2, 0) is 16.4 Å². The molecule has 94 valence electrons. The minimum atomic E-state index is -2.86. The number of hydrogen-bond acceptors (Lipinski definition) is 3. The fraction of sp³-hybridized carbons (Fsp3) is 0.538. The molecule has 3 nitrogen and oxygen atoms in total. The third-order valence-electron chi connectivity index (χ3n) is 3.20. The fourth-order valence-electron chi connectivity index (χ4n) is 2.35. The van der Waals surface area contributed by atoms with Gasteiger partial charge in [-0.05, 0) is 24.0 Å². The van der Waals surface area contributed by atoms with Gasteiger partial charge in [-0.2, -0.15) is 0 Å². The maximum absolute atomic E-state index is 11.7. The standard InChI is InChI=1S/C13H19NO2S/c1-2-8-17(15,16)9-7-13-12-6-4-3-5-11(12)10-14-13/h3-6,13-14H,2,7-10H2,1H3. The molecule has 0 saturated heterocycles. The first-order valence-corrected chi connectivity index (χ1v) is 7.96. The van der Waals surface area contributed by atoms with Gasteiger partial charge < -0.3 is 5.32 Å². The van der Waals surface area contributed by atoms with E-state index in [1.54, 1.807) is 0 Å². The Bertz CT molecular complexity index is 482. The number of sulfone groups is 1. The van der Waals surface area contributed by atoms with Gasteiger partial charge in [0.05, 0.1) is 5.75 Å². The molecule has 4 heteroatoms. The number of fused-ring (bicyclic) bond motifs is 1. The lowest BCUT2D eigenvalue weighted by Gasteiger charge is -2.11. The summed E-state index contributed by atoms with van der Waals surface area (Å²) in [5, 5.41) is 3.37. The quantitative estimate of drug-likeness (QED) is 0.873. The normalized spacial score (nSPS) is 19.2. The van der Waals surface area contributed by atoms with Crippen LogP contribution in [0.15, 0.2) is 24.3 Å². The molecule has 1 aromatic carbocycles. The van der Waals surface area contributed by atoms with Crippen LogP contribution in [0.4, 0.5) is 0 Å². The summed E-state index contributed by atoms with van der Waals surface area (Å²) in [6.07, 6.45) is 1.39. The molecule has 0 bridgehead atoms. The summed E-state index contributed by atoms with van der Waals surface area (Å²) >= 11 is 0. The van der Waals surface area contributed by atoms with Gasteiger partial charge in [0, 0.05) is 18.3 Å². The Balaban J connectivity index is 1.99. The molecule has 17 heavy (non-hydrogen) atoms. The van der Waals surface area contributed by atoms with E-state index in [1.807, 2.05) is 19.1 Å². The van der Waals surface area contributed by atoms with Crippen molar-refractivity contribution >= 4 is 9.84 Å². The first-order valence-electron chi connectivity index (χ1n) is 6.14. The largest absolute Gasteiger partial charge is 0.306 e. The SMILES string of the molecule is CCCS(=O)(=O)CCC1NCc2ccccc21. The smallest absolute Gasteiger partial charge is 0.150 e. The Morgan fingerprint density at radius 3 is 2.82 bits per heavy atom. The van der Waals surface area contributed by atoms with Crippen LogP contribution in [0, 0.1) is 0 Å². The zero-order valence-corrected chi connectivity index (χ0v) is 11.0. The molecule has 2 rings (SSSR count). The molecule has 1 aromatic rings. The molecule has 0 aromatic heterocycles. The Hall–Kier alpha value is -0.870. The molecule has 0 spiro atoms. The van der Waals surface area contributed by atoms with E-state index in [0.29, 0.717) is 18.6 Å². The van der Waals surface area contributed by atoms with Gasteiger partial charge in [0.25, 0.3) is 0 Å². The van der Waals surface area contributed by atoms with Crippen molar-refractivity contribution in [1.29, 1.82) is 0 Å². The highest BCUT2D eigenvalue weighted by atomic mass is 32.2. The van der Waals surface area contributed by atoms with Gasteiger partial charge in [0.2, 0.25) is 0 Å². The molecule has 1 N–H and O–H groups in total. The van der Waals surface area contributed by atoms with Crippen LogP contribution >= 0.6 is 0 Å². The van der Waals surface area contributed by atoms with E-state index < -0.39 is 9.84 Å². The second-order valence-electron chi connectivity index (χ2n) is 4.57. The first kappa shape index (κ1) is 12.6. The summed E-state index contributed by atoms with van der Waals surface area (Å²) in [7, 11) is -2.86. The molecule has 0 aliphatic carbocycles. The van der Waals surface area contributed by atoms with Gasteiger partial charge in [-0.25, -0.2) is 8.42 Å². The summed E-state index contributed by atoms with van der Waals surface area (Å²) in [4.78, 5) is 0. The summed E-state index contributed by atoms with van der Waals surface area (Å²) in [5.74, 6) is 0.591. The molecule has 1 atom stereocenters. The van der Waals surface area contributed by atoms with Crippen LogP contribution in [-0.4, -0.2) is 19.9 Å². The highest BCUT2D eigenvalue weighted by Gasteiger charge is 2.22. The van der Waals surface area contributed by atoms with E-state index in [1.165, 1.54) is 11.1 Å². The Morgan fingerprint density at radius 1 is 1.29 bits per heavy atom. The summed E-state index contributed by atoms with van der Waals surface area (Å²) < 4.78 is 23.3. The van der Waals surface area contributed by atoms with Crippen molar-refractivity contribution in [3.63, 3.8) is 0 Å². The second-order valence-corrected chi connectivity index (χ2v) is 6.88. The van der Waals surface area contributed by atoms with E-state index in [4.69, 9.17) is 0 Å². The Labute approximate surface area is 103 Å². The van der Waals surface area contributed by atoms with Gasteiger partial charge in [-0.3, -0.25) is 0 Å². The van der Waals surface area contributed by atoms with Crippen molar-refractivity contribution in [3.8, 4) is 0 Å². The zero-order chi connectivity index (χ0) is 12.3. The molecule has 0 fully saturated rings. The van der Waals surface area contributed by atoms with Gasteiger partial charge in [-0.1, -0.05) is 31.2 Å². The highest BCUT2D eigenvalue weighted by molar-refractivity contribution is 7.91. The second kappa shape index (κ2) is 5.19. The van der Waals surface area contributed by atoms with Crippen molar-refractivity contribution in [2.75, 3.05) is 11.5 Å². The molecule has 1 heterocycles. The fourth-order valence-corrected chi connectivity index (χ4v) is 3.77. The third kappa shape index (κ3) is 3.07. The summed E-state index contributed by atoms with van der Waals surface area (Å²) in [5.41, 5.74) is 2.56. The number of nitrogens with one attached hydrogen (secondary N) is 1. The van der Waals surface area contributed by atoms with E-state index in [2.05, 4.69) is 17.4 Å². The van der Waals surface area contributed by atoms with E-state index in [-0.39, 0.29) is 11.8 Å². The van der Waals surface area contributed by atoms with Crippen LogP contribution in [0.3, 0.4) is 0 Å². The van der Waals surface area contributed by atoms with Gasteiger partial charge in [0.15, 0.2) is 0 Å². The molecule has 0 radical (unpaired) electrons. The first-order chi connectivity index (χ1) is 8.12. The lowest BCUT2D eigenvalue weighted by molar-refractivity contribution is 0.550. The third-order valence-corrected chi connectivity index (χ3v) is 5.09. The monoisotopic (exact) mass is 253 g/mol. The molecule has 1 unspecified atom stereocenters. The van der Waals surface area contributed by atoms with Crippen molar-refractivity contribution < 1.29 is 8.42 Å². The molecule has 0 saturated carbocycles. The average molecular weight is 253 g/mol. The average Bonchev–Trinajstić information content (AvgIpc) is 2.70. The predicted octanol–water partition coefficient (Wildman–Crippen LogP) is 2.05. The highest BCUT2D eigenvalue weighted by Crippen LogP contribution is 2.27. The lowest BCUT2D eigenvalue weighted by Crippen LogP contribution is -2.18. The van der Waals surface area contributed by atoms with Crippen molar-refractivity contribution in [2.24, 2.45) is 0 Å².